The molecule has 0 amide bonds. The lowest BCUT2D eigenvalue weighted by atomic mass is 9.93. The van der Waals surface area contributed by atoms with E-state index in [0.717, 1.165) is 31.9 Å². The Morgan fingerprint density at radius 3 is 2.67 bits per heavy atom. The van der Waals surface area contributed by atoms with Gasteiger partial charge in [-0.3, -0.25) is 10.1 Å². The Hall–Kier alpha value is -1.96. The van der Waals surface area contributed by atoms with E-state index in [4.69, 9.17) is 5.73 Å². The SMILES string of the molecule is Nc1nc(NC2CCC(O)CC2)ncc1[N+](=O)[O-]. The van der Waals surface area contributed by atoms with E-state index in [1.807, 2.05) is 0 Å². The van der Waals surface area contributed by atoms with Crippen molar-refractivity contribution in [2.75, 3.05) is 11.1 Å². The highest BCUT2D eigenvalue weighted by Crippen LogP contribution is 2.23. The van der Waals surface area contributed by atoms with Gasteiger partial charge in [-0.05, 0) is 25.7 Å². The lowest BCUT2D eigenvalue weighted by Gasteiger charge is -2.26. The van der Waals surface area contributed by atoms with Crippen molar-refractivity contribution in [3.63, 3.8) is 0 Å². The molecule has 0 atom stereocenters. The lowest BCUT2D eigenvalue weighted by molar-refractivity contribution is -0.384. The molecule has 2 rings (SSSR count). The first kappa shape index (κ1) is 12.5. The van der Waals surface area contributed by atoms with Crippen LogP contribution >= 0.6 is 0 Å². The van der Waals surface area contributed by atoms with E-state index in [-0.39, 0.29) is 23.7 Å². The van der Waals surface area contributed by atoms with E-state index in [1.54, 1.807) is 0 Å². The summed E-state index contributed by atoms with van der Waals surface area (Å²) in [6, 6.07) is 0.175. The Kier molecular flexibility index (Phi) is 3.56. The maximum Gasteiger partial charge on any atom is 0.329 e. The highest BCUT2D eigenvalue weighted by atomic mass is 16.6. The molecule has 18 heavy (non-hydrogen) atoms. The van der Waals surface area contributed by atoms with E-state index in [0.29, 0.717) is 5.95 Å². The Morgan fingerprint density at radius 2 is 2.11 bits per heavy atom. The number of aliphatic hydroxyl groups is 1. The number of aromatic nitrogens is 2. The van der Waals surface area contributed by atoms with Gasteiger partial charge < -0.3 is 16.2 Å². The maximum atomic E-state index is 10.6. The van der Waals surface area contributed by atoms with Crippen LogP contribution in [0.5, 0.6) is 0 Å². The minimum atomic E-state index is -0.615. The first-order valence-electron chi connectivity index (χ1n) is 5.77. The van der Waals surface area contributed by atoms with Crippen LogP contribution < -0.4 is 11.1 Å². The van der Waals surface area contributed by atoms with Crippen molar-refractivity contribution < 1.29 is 10.0 Å². The van der Waals surface area contributed by atoms with Gasteiger partial charge in [-0.1, -0.05) is 0 Å². The third-order valence-electron chi connectivity index (χ3n) is 3.02. The molecule has 0 radical (unpaired) electrons. The number of hydrogen-bond acceptors (Lipinski definition) is 7. The van der Waals surface area contributed by atoms with Crippen LogP contribution in [-0.4, -0.2) is 32.1 Å². The van der Waals surface area contributed by atoms with E-state index in [9.17, 15) is 15.2 Å². The zero-order chi connectivity index (χ0) is 13.1. The van der Waals surface area contributed by atoms with E-state index in [1.165, 1.54) is 0 Å². The average Bonchev–Trinajstić information content (AvgIpc) is 2.32. The summed E-state index contributed by atoms with van der Waals surface area (Å²) in [6.45, 7) is 0. The molecule has 0 saturated heterocycles. The fourth-order valence-electron chi connectivity index (χ4n) is 2.00. The standard InChI is InChI=1S/C10H15N5O3/c11-9-8(15(17)18)5-12-10(14-9)13-6-1-3-7(16)4-2-6/h5-7,16H,1-4H2,(H3,11,12,13,14). The first-order chi connectivity index (χ1) is 8.56. The number of rotatable bonds is 3. The van der Waals surface area contributed by atoms with Gasteiger partial charge in [0.25, 0.3) is 0 Å². The fraction of sp³-hybridized carbons (Fsp3) is 0.600. The van der Waals surface area contributed by atoms with Crippen LogP contribution in [0.3, 0.4) is 0 Å². The molecule has 1 aliphatic carbocycles. The number of hydrogen-bond donors (Lipinski definition) is 3. The molecular weight excluding hydrogens is 238 g/mol. The van der Waals surface area contributed by atoms with Gasteiger partial charge in [0.1, 0.15) is 6.20 Å². The van der Waals surface area contributed by atoms with E-state index < -0.39 is 4.92 Å². The van der Waals surface area contributed by atoms with Gasteiger partial charge in [0.05, 0.1) is 11.0 Å². The van der Waals surface area contributed by atoms with Crippen LogP contribution in [-0.2, 0) is 0 Å². The van der Waals surface area contributed by atoms with Crippen LogP contribution in [0.25, 0.3) is 0 Å². The van der Waals surface area contributed by atoms with Gasteiger partial charge in [0.15, 0.2) is 0 Å². The number of nitrogens with one attached hydrogen (secondary N) is 1. The molecule has 0 unspecified atom stereocenters. The van der Waals surface area contributed by atoms with Crippen molar-refractivity contribution in [2.45, 2.75) is 37.8 Å². The largest absolute Gasteiger partial charge is 0.393 e. The Balaban J connectivity index is 2.02. The molecule has 1 aliphatic rings. The summed E-state index contributed by atoms with van der Waals surface area (Å²) in [5, 5.41) is 23.0. The summed E-state index contributed by atoms with van der Waals surface area (Å²) < 4.78 is 0. The predicted octanol–water partition coefficient (Wildman–Crippen LogP) is 0.682. The summed E-state index contributed by atoms with van der Waals surface area (Å²) in [7, 11) is 0. The molecule has 1 aromatic rings. The molecule has 0 spiro atoms. The minimum absolute atomic E-state index is 0.145. The number of nitrogens with zero attached hydrogens (tertiary/aromatic N) is 3. The molecule has 0 bridgehead atoms. The van der Waals surface area contributed by atoms with Gasteiger partial charge >= 0.3 is 5.69 Å². The molecule has 1 saturated carbocycles. The van der Waals surface area contributed by atoms with E-state index >= 15 is 0 Å². The van der Waals surface area contributed by atoms with Gasteiger partial charge in [0.2, 0.25) is 11.8 Å². The summed E-state index contributed by atoms with van der Waals surface area (Å²) >= 11 is 0. The first-order valence-corrected chi connectivity index (χ1v) is 5.77. The number of nitro groups is 1. The molecular formula is C10H15N5O3. The highest BCUT2D eigenvalue weighted by molar-refractivity contribution is 5.53. The molecule has 98 valence electrons. The molecule has 1 heterocycles. The van der Waals surface area contributed by atoms with Crippen LogP contribution in [0.4, 0.5) is 17.5 Å². The highest BCUT2D eigenvalue weighted by Gasteiger charge is 2.21. The number of nitrogens with two attached hydrogens (primary N) is 1. The average molecular weight is 253 g/mol. The van der Waals surface area contributed by atoms with Crippen molar-refractivity contribution in [3.05, 3.63) is 16.3 Å². The zero-order valence-electron chi connectivity index (χ0n) is 9.74. The maximum absolute atomic E-state index is 10.6. The minimum Gasteiger partial charge on any atom is -0.393 e. The van der Waals surface area contributed by atoms with Gasteiger partial charge in [-0.2, -0.15) is 4.98 Å². The second-order valence-corrected chi connectivity index (χ2v) is 4.37. The normalized spacial score (nSPS) is 23.6. The number of aliphatic hydroxyl groups excluding tert-OH is 1. The fourth-order valence-corrected chi connectivity index (χ4v) is 2.00. The van der Waals surface area contributed by atoms with Crippen LogP contribution in [0.2, 0.25) is 0 Å². The van der Waals surface area contributed by atoms with Crippen LogP contribution in [0.15, 0.2) is 6.20 Å². The summed E-state index contributed by atoms with van der Waals surface area (Å²) in [4.78, 5) is 17.7. The van der Waals surface area contributed by atoms with Crippen molar-refractivity contribution in [3.8, 4) is 0 Å². The summed E-state index contributed by atoms with van der Waals surface area (Å²) in [5.41, 5.74) is 5.18. The van der Waals surface area contributed by atoms with Gasteiger partial charge in [-0.15, -0.1) is 0 Å². The third kappa shape index (κ3) is 2.83. The lowest BCUT2D eigenvalue weighted by Crippen LogP contribution is -2.29. The molecule has 1 aromatic heterocycles. The summed E-state index contributed by atoms with van der Waals surface area (Å²) in [5.74, 6) is 0.146. The molecule has 8 nitrogen and oxygen atoms in total. The Morgan fingerprint density at radius 1 is 1.44 bits per heavy atom. The molecule has 0 aliphatic heterocycles. The number of nitrogen functional groups attached to an aromatic ring is 1. The quantitative estimate of drug-likeness (QED) is 0.533. The molecule has 0 aromatic carbocycles. The third-order valence-corrected chi connectivity index (χ3v) is 3.02. The second-order valence-electron chi connectivity index (χ2n) is 4.37. The molecule has 4 N–H and O–H groups in total. The van der Waals surface area contributed by atoms with Crippen molar-refractivity contribution in [1.29, 1.82) is 0 Å². The smallest absolute Gasteiger partial charge is 0.329 e. The predicted molar refractivity (Wildman–Crippen MR) is 65.0 cm³/mol. The van der Waals surface area contributed by atoms with Crippen molar-refractivity contribution >= 4 is 17.5 Å². The van der Waals surface area contributed by atoms with E-state index in [2.05, 4.69) is 15.3 Å². The summed E-state index contributed by atoms with van der Waals surface area (Å²) in [6.07, 6.45) is 3.98. The zero-order valence-corrected chi connectivity index (χ0v) is 9.74. The Bertz CT molecular complexity index is 445. The number of anilines is 2. The van der Waals surface area contributed by atoms with Gasteiger partial charge in [-0.25, -0.2) is 4.98 Å². The monoisotopic (exact) mass is 253 g/mol. The topological polar surface area (TPSA) is 127 Å². The van der Waals surface area contributed by atoms with Crippen LogP contribution in [0, 0.1) is 10.1 Å². The second kappa shape index (κ2) is 5.13. The van der Waals surface area contributed by atoms with Crippen LogP contribution in [0.1, 0.15) is 25.7 Å². The molecule has 8 heteroatoms. The Labute approximate surface area is 103 Å². The van der Waals surface area contributed by atoms with Crippen molar-refractivity contribution in [1.82, 2.24) is 9.97 Å². The molecule has 1 fully saturated rings. The van der Waals surface area contributed by atoms with Gasteiger partial charge in [0, 0.05) is 6.04 Å². The van der Waals surface area contributed by atoms with Crippen molar-refractivity contribution in [2.24, 2.45) is 0 Å².